The van der Waals surface area contributed by atoms with Crippen molar-refractivity contribution >= 4 is 17.2 Å². The fourth-order valence-electron chi connectivity index (χ4n) is 3.31. The van der Waals surface area contributed by atoms with Crippen molar-refractivity contribution in [3.8, 4) is 5.75 Å². The van der Waals surface area contributed by atoms with E-state index in [0.29, 0.717) is 5.75 Å². The van der Waals surface area contributed by atoms with Crippen LogP contribution in [0.15, 0.2) is 42.5 Å². The number of aromatic hydroxyl groups is 1. The molecular formula is C21H25NOS. The van der Waals surface area contributed by atoms with Crippen LogP contribution in [0, 0.1) is 6.92 Å². The molecule has 2 aromatic rings. The van der Waals surface area contributed by atoms with Crippen LogP contribution < -0.4 is 0 Å². The minimum absolute atomic E-state index is 0.364. The molecule has 1 heterocycles. The molecular weight excluding hydrogens is 314 g/mol. The third-order valence-corrected chi connectivity index (χ3v) is 5.22. The summed E-state index contributed by atoms with van der Waals surface area (Å²) in [6, 6.07) is 14.5. The number of rotatable bonds is 4. The Hall–Kier alpha value is -1.87. The van der Waals surface area contributed by atoms with Crippen LogP contribution in [0.5, 0.6) is 5.75 Å². The van der Waals surface area contributed by atoms with E-state index in [4.69, 9.17) is 12.2 Å². The highest BCUT2D eigenvalue weighted by molar-refractivity contribution is 7.80. The van der Waals surface area contributed by atoms with Gasteiger partial charge in [-0.3, -0.25) is 0 Å². The van der Waals surface area contributed by atoms with Crippen molar-refractivity contribution in [1.29, 1.82) is 0 Å². The summed E-state index contributed by atoms with van der Waals surface area (Å²) in [6.07, 6.45) is 5.26. The van der Waals surface area contributed by atoms with Gasteiger partial charge in [-0.25, -0.2) is 0 Å². The molecule has 1 aliphatic rings. The largest absolute Gasteiger partial charge is 0.508 e. The van der Waals surface area contributed by atoms with E-state index in [1.54, 1.807) is 6.07 Å². The van der Waals surface area contributed by atoms with Gasteiger partial charge in [0.15, 0.2) is 0 Å². The van der Waals surface area contributed by atoms with Crippen molar-refractivity contribution in [2.75, 3.05) is 6.54 Å². The van der Waals surface area contributed by atoms with Gasteiger partial charge in [-0.1, -0.05) is 48.1 Å². The molecule has 24 heavy (non-hydrogen) atoms. The van der Waals surface area contributed by atoms with Crippen molar-refractivity contribution in [2.45, 2.75) is 45.6 Å². The number of thiocarbonyl (C=S) groups is 1. The summed E-state index contributed by atoms with van der Waals surface area (Å²) in [7, 11) is 0. The molecule has 1 N–H and O–H groups in total. The Morgan fingerprint density at radius 3 is 2.71 bits per heavy atom. The molecule has 0 aromatic heterocycles. The molecule has 2 nitrogen and oxygen atoms in total. The van der Waals surface area contributed by atoms with Gasteiger partial charge >= 0.3 is 0 Å². The second-order valence-corrected chi connectivity index (χ2v) is 7.18. The first-order chi connectivity index (χ1) is 11.6. The van der Waals surface area contributed by atoms with E-state index in [0.717, 1.165) is 50.2 Å². The van der Waals surface area contributed by atoms with Crippen molar-refractivity contribution in [1.82, 2.24) is 4.90 Å². The van der Waals surface area contributed by atoms with Gasteiger partial charge in [-0.2, -0.15) is 0 Å². The minimum atomic E-state index is 0.364. The van der Waals surface area contributed by atoms with Crippen LogP contribution in [0.4, 0.5) is 0 Å². The molecule has 0 radical (unpaired) electrons. The summed E-state index contributed by atoms with van der Waals surface area (Å²) in [4.78, 5) is 3.41. The third-order valence-electron chi connectivity index (χ3n) is 4.75. The fraction of sp³-hybridized carbons (Fsp3) is 0.381. The molecule has 0 saturated carbocycles. The molecule has 126 valence electrons. The molecule has 0 amide bonds. The van der Waals surface area contributed by atoms with Gasteiger partial charge in [0.25, 0.3) is 0 Å². The van der Waals surface area contributed by atoms with Crippen LogP contribution in [-0.2, 0) is 19.4 Å². The van der Waals surface area contributed by atoms with E-state index < -0.39 is 0 Å². The van der Waals surface area contributed by atoms with Crippen LogP contribution in [0.25, 0.3) is 0 Å². The molecule has 0 fully saturated rings. The lowest BCUT2D eigenvalue weighted by atomic mass is 10.0. The summed E-state index contributed by atoms with van der Waals surface area (Å²) in [5.74, 6) is 0.364. The normalized spacial score (nSPS) is 14.1. The van der Waals surface area contributed by atoms with Gasteiger partial charge < -0.3 is 10.0 Å². The Morgan fingerprint density at radius 1 is 1.12 bits per heavy atom. The third kappa shape index (κ3) is 4.35. The lowest BCUT2D eigenvalue weighted by Gasteiger charge is -2.24. The molecule has 0 aliphatic carbocycles. The minimum Gasteiger partial charge on any atom is -0.508 e. The van der Waals surface area contributed by atoms with Crippen LogP contribution in [0.3, 0.4) is 0 Å². The van der Waals surface area contributed by atoms with Gasteiger partial charge in [-0.05, 0) is 67.9 Å². The molecule has 0 saturated heterocycles. The highest BCUT2D eigenvalue weighted by atomic mass is 32.1. The predicted octanol–water partition coefficient (Wildman–Crippen LogP) is 4.80. The number of fused-ring (bicyclic) bond motifs is 1. The van der Waals surface area contributed by atoms with E-state index in [1.807, 2.05) is 12.1 Å². The molecule has 1 aliphatic heterocycles. The average molecular weight is 340 g/mol. The van der Waals surface area contributed by atoms with Crippen LogP contribution in [0.1, 0.15) is 41.5 Å². The van der Waals surface area contributed by atoms with Gasteiger partial charge in [-0.15, -0.1) is 0 Å². The van der Waals surface area contributed by atoms with E-state index >= 15 is 0 Å². The Labute approximate surface area is 150 Å². The average Bonchev–Trinajstić information content (AvgIpc) is 2.78. The Bertz CT molecular complexity index is 708. The summed E-state index contributed by atoms with van der Waals surface area (Å²) < 4.78 is 0. The van der Waals surface area contributed by atoms with Crippen molar-refractivity contribution < 1.29 is 5.11 Å². The monoisotopic (exact) mass is 339 g/mol. The number of nitrogens with zero attached hydrogens (tertiary/aromatic N) is 1. The Kier molecular flexibility index (Phi) is 5.52. The lowest BCUT2D eigenvalue weighted by Crippen LogP contribution is -2.29. The zero-order valence-electron chi connectivity index (χ0n) is 14.3. The SMILES string of the molecule is Cc1ccc(CCCC(=S)N2CCCc3cc(O)ccc3C2)cc1. The first kappa shape index (κ1) is 17.0. The van der Waals surface area contributed by atoms with Crippen LogP contribution in [-0.4, -0.2) is 21.5 Å². The quantitative estimate of drug-likeness (QED) is 0.810. The zero-order valence-corrected chi connectivity index (χ0v) is 15.1. The van der Waals surface area contributed by atoms with Crippen LogP contribution in [0.2, 0.25) is 0 Å². The van der Waals surface area contributed by atoms with Crippen LogP contribution >= 0.6 is 12.2 Å². The highest BCUT2D eigenvalue weighted by Crippen LogP contribution is 2.23. The molecule has 3 rings (SSSR count). The summed E-state index contributed by atoms with van der Waals surface area (Å²) >= 11 is 5.70. The Balaban J connectivity index is 1.55. The molecule has 3 heteroatoms. The maximum Gasteiger partial charge on any atom is 0.115 e. The second-order valence-electron chi connectivity index (χ2n) is 6.71. The van der Waals surface area contributed by atoms with E-state index in [-0.39, 0.29) is 0 Å². The first-order valence-electron chi connectivity index (χ1n) is 8.76. The highest BCUT2D eigenvalue weighted by Gasteiger charge is 2.16. The van der Waals surface area contributed by atoms with E-state index in [1.165, 1.54) is 22.3 Å². The summed E-state index contributed by atoms with van der Waals surface area (Å²) in [6.45, 7) is 4.01. The van der Waals surface area contributed by atoms with Crippen molar-refractivity contribution in [2.24, 2.45) is 0 Å². The maximum atomic E-state index is 9.66. The van der Waals surface area contributed by atoms with Gasteiger partial charge in [0.05, 0.1) is 4.99 Å². The maximum absolute atomic E-state index is 9.66. The molecule has 0 spiro atoms. The first-order valence-corrected chi connectivity index (χ1v) is 9.17. The second kappa shape index (κ2) is 7.80. The number of phenols is 1. The predicted molar refractivity (Wildman–Crippen MR) is 104 cm³/mol. The molecule has 0 unspecified atom stereocenters. The lowest BCUT2D eigenvalue weighted by molar-refractivity contribution is 0.415. The molecule has 2 aromatic carbocycles. The smallest absolute Gasteiger partial charge is 0.115 e. The van der Waals surface area contributed by atoms with Crippen molar-refractivity contribution in [3.63, 3.8) is 0 Å². The van der Waals surface area contributed by atoms with E-state index in [9.17, 15) is 5.11 Å². The van der Waals surface area contributed by atoms with E-state index in [2.05, 4.69) is 36.1 Å². The topological polar surface area (TPSA) is 23.5 Å². The Morgan fingerprint density at radius 2 is 1.92 bits per heavy atom. The number of aryl methyl sites for hydroxylation is 3. The van der Waals surface area contributed by atoms with Gasteiger partial charge in [0.2, 0.25) is 0 Å². The number of hydrogen-bond donors (Lipinski definition) is 1. The molecule has 0 bridgehead atoms. The van der Waals surface area contributed by atoms with Gasteiger partial charge in [0.1, 0.15) is 5.75 Å². The zero-order chi connectivity index (χ0) is 16.9. The summed E-state index contributed by atoms with van der Waals surface area (Å²) in [5, 5.41) is 9.66. The molecule has 0 atom stereocenters. The number of benzene rings is 2. The van der Waals surface area contributed by atoms with Gasteiger partial charge in [0, 0.05) is 13.1 Å². The number of hydrogen-bond acceptors (Lipinski definition) is 2. The standard InChI is InChI=1S/C21H25NOS/c1-16-7-9-17(10-8-16)4-2-6-21(24)22-13-3-5-18-14-20(23)12-11-19(18)15-22/h7-12,14,23H,2-6,13,15H2,1H3. The van der Waals surface area contributed by atoms with Crippen molar-refractivity contribution in [3.05, 3.63) is 64.7 Å². The number of phenolic OH excluding ortho intramolecular Hbond substituents is 1. The fourth-order valence-corrected chi connectivity index (χ4v) is 3.61. The summed E-state index contributed by atoms with van der Waals surface area (Å²) in [5.41, 5.74) is 5.26.